The molecule has 0 spiro atoms. The Morgan fingerprint density at radius 3 is 2.29 bits per heavy atom. The fourth-order valence-corrected chi connectivity index (χ4v) is 2.25. The van der Waals surface area contributed by atoms with Gasteiger partial charge < -0.3 is 15.5 Å². The van der Waals surface area contributed by atoms with Gasteiger partial charge in [-0.3, -0.25) is 9.59 Å². The van der Waals surface area contributed by atoms with Gasteiger partial charge in [-0.25, -0.2) is 4.79 Å². The highest BCUT2D eigenvalue weighted by Crippen LogP contribution is 2.21. The fraction of sp³-hybridized carbons (Fsp3) is 0.786. The van der Waals surface area contributed by atoms with Crippen molar-refractivity contribution >= 4 is 18.4 Å². The van der Waals surface area contributed by atoms with Crippen molar-refractivity contribution in [2.45, 2.75) is 52.0 Å². The van der Waals surface area contributed by atoms with Gasteiger partial charge in [-0.15, -0.1) is 0 Å². The third-order valence-corrected chi connectivity index (χ3v) is 3.41. The second kappa shape index (κ2) is 10.9. The molecule has 0 rings (SSSR count). The summed E-state index contributed by atoms with van der Waals surface area (Å²) in [5.41, 5.74) is 0. The topological polar surface area (TPSA) is 87.7 Å². The van der Waals surface area contributed by atoms with Crippen LogP contribution in [0.1, 0.15) is 46.0 Å². The van der Waals surface area contributed by atoms with E-state index in [1.165, 1.54) is 7.05 Å². The summed E-state index contributed by atoms with van der Waals surface area (Å²) in [5, 5.41) is 5.83. The lowest BCUT2D eigenvalue weighted by Gasteiger charge is -2.31. The van der Waals surface area contributed by atoms with Crippen molar-refractivity contribution in [1.82, 2.24) is 15.7 Å². The molecule has 2 unspecified atom stereocenters. The van der Waals surface area contributed by atoms with Gasteiger partial charge in [0.1, 0.15) is 0 Å². The van der Waals surface area contributed by atoms with Gasteiger partial charge in [-0.05, 0) is 12.8 Å². The Morgan fingerprint density at radius 2 is 1.86 bits per heavy atom. The van der Waals surface area contributed by atoms with E-state index in [1.807, 2.05) is 6.92 Å². The molecule has 7 nitrogen and oxygen atoms in total. The molecule has 0 aliphatic heterocycles. The van der Waals surface area contributed by atoms with E-state index in [-0.39, 0.29) is 5.91 Å². The second-order valence-electron chi connectivity index (χ2n) is 4.79. The van der Waals surface area contributed by atoms with Crippen LogP contribution in [0.15, 0.2) is 0 Å². The molecule has 0 bridgehead atoms. The van der Waals surface area contributed by atoms with Crippen LogP contribution >= 0.6 is 0 Å². The minimum Gasteiger partial charge on any atom is -0.359 e. The molecule has 2 atom stereocenters. The van der Waals surface area contributed by atoms with E-state index in [2.05, 4.69) is 17.6 Å². The standard InChI is InChI=1S/C14H27N3O4/c1-5-7-8-9-11(13(19)15-3)12(6-2)17(10-18)21-14(20)16-4/h10-12H,5-9H2,1-4H3,(H,15,19)(H,16,20). The maximum Gasteiger partial charge on any atom is 0.431 e. The Balaban J connectivity index is 5.01. The minimum atomic E-state index is -0.732. The number of nitrogens with zero attached hydrogens (tertiary/aromatic N) is 1. The van der Waals surface area contributed by atoms with Gasteiger partial charge in [0.2, 0.25) is 12.3 Å². The van der Waals surface area contributed by atoms with Crippen LogP contribution in [0.2, 0.25) is 0 Å². The van der Waals surface area contributed by atoms with Crippen molar-refractivity contribution in [3.05, 3.63) is 0 Å². The van der Waals surface area contributed by atoms with Crippen LogP contribution in [0.4, 0.5) is 4.79 Å². The lowest BCUT2D eigenvalue weighted by molar-refractivity contribution is -0.169. The van der Waals surface area contributed by atoms with Crippen molar-refractivity contribution in [3.63, 3.8) is 0 Å². The van der Waals surface area contributed by atoms with E-state index in [0.717, 1.165) is 24.3 Å². The monoisotopic (exact) mass is 301 g/mol. The number of carbonyl (C=O) groups excluding carboxylic acids is 3. The number of hydrogen-bond donors (Lipinski definition) is 2. The summed E-state index contributed by atoms with van der Waals surface area (Å²) in [6.45, 7) is 3.93. The summed E-state index contributed by atoms with van der Waals surface area (Å²) in [5.74, 6) is -0.549. The first kappa shape index (κ1) is 19.2. The summed E-state index contributed by atoms with van der Waals surface area (Å²) in [4.78, 5) is 39.5. The van der Waals surface area contributed by atoms with E-state index >= 15 is 0 Å². The normalized spacial score (nSPS) is 13.0. The van der Waals surface area contributed by atoms with Gasteiger partial charge in [-0.2, -0.15) is 5.06 Å². The van der Waals surface area contributed by atoms with Gasteiger partial charge >= 0.3 is 6.09 Å². The average molecular weight is 301 g/mol. The van der Waals surface area contributed by atoms with Crippen LogP contribution in [0, 0.1) is 5.92 Å². The Labute approximate surface area is 126 Å². The molecule has 2 N–H and O–H groups in total. The first-order valence-corrected chi connectivity index (χ1v) is 7.40. The second-order valence-corrected chi connectivity index (χ2v) is 4.79. The molecule has 21 heavy (non-hydrogen) atoms. The molecular weight excluding hydrogens is 274 g/mol. The molecule has 0 aromatic carbocycles. The molecule has 7 heteroatoms. The van der Waals surface area contributed by atoms with E-state index < -0.39 is 18.1 Å². The maximum atomic E-state index is 12.1. The number of carbonyl (C=O) groups is 3. The number of unbranched alkanes of at least 4 members (excludes halogenated alkanes) is 2. The highest BCUT2D eigenvalue weighted by atomic mass is 16.7. The summed E-state index contributed by atoms with van der Waals surface area (Å²) in [6, 6.07) is -0.475. The molecule has 0 radical (unpaired) electrons. The number of rotatable bonds is 10. The molecule has 0 heterocycles. The summed E-state index contributed by atoms with van der Waals surface area (Å²) < 4.78 is 0. The van der Waals surface area contributed by atoms with Crippen LogP contribution in [-0.2, 0) is 14.4 Å². The Bertz CT molecular complexity index is 336. The number of amides is 3. The van der Waals surface area contributed by atoms with Crippen LogP contribution in [0.25, 0.3) is 0 Å². The number of hydroxylamine groups is 2. The van der Waals surface area contributed by atoms with Crippen molar-refractivity contribution in [2.24, 2.45) is 5.92 Å². The number of hydrogen-bond acceptors (Lipinski definition) is 4. The predicted molar refractivity (Wildman–Crippen MR) is 79.2 cm³/mol. The summed E-state index contributed by atoms with van der Waals surface area (Å²) >= 11 is 0. The van der Waals surface area contributed by atoms with Gasteiger partial charge in [0.25, 0.3) is 0 Å². The Morgan fingerprint density at radius 1 is 1.19 bits per heavy atom. The molecule has 3 amide bonds. The van der Waals surface area contributed by atoms with E-state index in [4.69, 9.17) is 4.84 Å². The third-order valence-electron chi connectivity index (χ3n) is 3.41. The molecule has 0 aliphatic rings. The zero-order valence-corrected chi connectivity index (χ0v) is 13.3. The molecule has 0 aromatic rings. The quantitative estimate of drug-likeness (QED) is 0.363. The minimum absolute atomic E-state index is 0.148. The zero-order chi connectivity index (χ0) is 16.3. The molecule has 0 aliphatic carbocycles. The SMILES string of the molecule is CCCCCC(C(=O)NC)C(CC)N(C=O)OC(=O)NC. The van der Waals surface area contributed by atoms with Crippen molar-refractivity contribution < 1.29 is 19.2 Å². The first-order valence-electron chi connectivity index (χ1n) is 7.40. The fourth-order valence-electron chi connectivity index (χ4n) is 2.25. The lowest BCUT2D eigenvalue weighted by Crippen LogP contribution is -2.47. The van der Waals surface area contributed by atoms with Crippen molar-refractivity contribution in [1.29, 1.82) is 0 Å². The lowest BCUT2D eigenvalue weighted by atomic mass is 9.90. The largest absolute Gasteiger partial charge is 0.431 e. The Kier molecular flexibility index (Phi) is 10.0. The van der Waals surface area contributed by atoms with E-state index in [0.29, 0.717) is 19.3 Å². The summed E-state index contributed by atoms with van der Waals surface area (Å²) in [7, 11) is 2.97. The van der Waals surface area contributed by atoms with Gasteiger partial charge in [0.15, 0.2) is 0 Å². The van der Waals surface area contributed by atoms with E-state index in [9.17, 15) is 14.4 Å². The van der Waals surface area contributed by atoms with Gasteiger partial charge in [-0.1, -0.05) is 33.1 Å². The molecule has 0 fully saturated rings. The van der Waals surface area contributed by atoms with Crippen molar-refractivity contribution in [2.75, 3.05) is 14.1 Å². The van der Waals surface area contributed by atoms with Crippen LogP contribution in [-0.4, -0.2) is 43.6 Å². The smallest absolute Gasteiger partial charge is 0.359 e. The predicted octanol–water partition coefficient (Wildman–Crippen LogP) is 1.44. The van der Waals surface area contributed by atoms with Gasteiger partial charge in [0.05, 0.1) is 12.0 Å². The maximum absolute atomic E-state index is 12.1. The van der Waals surface area contributed by atoms with Crippen LogP contribution < -0.4 is 10.6 Å². The zero-order valence-electron chi connectivity index (χ0n) is 13.3. The summed E-state index contributed by atoms with van der Waals surface area (Å²) in [6.07, 6.45) is 3.82. The van der Waals surface area contributed by atoms with Crippen LogP contribution in [0.3, 0.4) is 0 Å². The molecule has 122 valence electrons. The van der Waals surface area contributed by atoms with Crippen LogP contribution in [0.5, 0.6) is 0 Å². The molecule has 0 saturated carbocycles. The highest BCUT2D eigenvalue weighted by Gasteiger charge is 2.32. The molecule has 0 saturated heterocycles. The third kappa shape index (κ3) is 6.46. The average Bonchev–Trinajstić information content (AvgIpc) is 2.51. The van der Waals surface area contributed by atoms with Gasteiger partial charge in [0, 0.05) is 14.1 Å². The number of nitrogens with one attached hydrogen (secondary N) is 2. The van der Waals surface area contributed by atoms with E-state index in [1.54, 1.807) is 7.05 Å². The first-order chi connectivity index (χ1) is 10.0. The molecule has 0 aromatic heterocycles. The molecular formula is C14H27N3O4. The highest BCUT2D eigenvalue weighted by molar-refractivity contribution is 5.79. The van der Waals surface area contributed by atoms with Crippen molar-refractivity contribution in [3.8, 4) is 0 Å². The Hall–Kier alpha value is -1.79.